The predicted octanol–water partition coefficient (Wildman–Crippen LogP) is 5.14. The Balaban J connectivity index is 1.35. The number of hydrogen-bond acceptors (Lipinski definition) is 3. The van der Waals surface area contributed by atoms with Gasteiger partial charge in [0, 0.05) is 24.2 Å². The Labute approximate surface area is 215 Å². The smallest absolute Gasteiger partial charge is 0.254 e. The first kappa shape index (κ1) is 23.2. The zero-order valence-corrected chi connectivity index (χ0v) is 20.9. The van der Waals surface area contributed by atoms with Crippen LogP contribution in [0.2, 0.25) is 0 Å². The average Bonchev–Trinajstić information content (AvgIpc) is 2.94. The second kappa shape index (κ2) is 9.36. The number of aromatic nitrogens is 1. The summed E-state index contributed by atoms with van der Waals surface area (Å²) in [6, 6.07) is 20.7. The highest BCUT2D eigenvalue weighted by Gasteiger charge is 2.39. The topological polar surface area (TPSA) is 42.7 Å². The molecule has 1 unspecified atom stereocenters. The van der Waals surface area contributed by atoms with E-state index in [-0.39, 0.29) is 17.8 Å². The molecule has 0 saturated carbocycles. The molecule has 2 aliphatic rings. The Morgan fingerprint density at radius 2 is 1.76 bits per heavy atom. The molecule has 1 atom stereocenters. The standard InChI is InChI=1S/C31H28FN2O3/c1-36-27-18-22-13-16-34(26-17-21-7-3-5-9-24(21)29(28(22)26)30(27)37-2)31(35)20-11-14-33(15-12-20)19-23-8-4-6-10-25(23)32/h3-12,14-15,18,26H,13,16-17,19H2,1-2H3/q+1. The minimum Gasteiger partial charge on any atom is -0.493 e. The van der Waals surface area contributed by atoms with Gasteiger partial charge in [0.15, 0.2) is 30.4 Å². The van der Waals surface area contributed by atoms with Gasteiger partial charge in [-0.25, -0.2) is 8.96 Å². The fourth-order valence-corrected chi connectivity index (χ4v) is 5.77. The Morgan fingerprint density at radius 1 is 1.00 bits per heavy atom. The Morgan fingerprint density at radius 3 is 2.51 bits per heavy atom. The molecule has 1 amide bonds. The Bertz CT molecular complexity index is 1500. The SMILES string of the molecule is COc1cc2c3c(c1OC)-c1ccccc1CC3N(C(=O)c1cc[n+](Cc3ccccc3F)cc1)CC2. The third-order valence-corrected chi connectivity index (χ3v) is 7.54. The van der Waals surface area contributed by atoms with Crippen LogP contribution in [0.5, 0.6) is 11.5 Å². The zero-order valence-electron chi connectivity index (χ0n) is 20.9. The van der Waals surface area contributed by atoms with E-state index < -0.39 is 0 Å². The molecular formula is C31H28FN2O3+. The lowest BCUT2D eigenvalue weighted by atomic mass is 9.76. The quantitative estimate of drug-likeness (QED) is 0.360. The van der Waals surface area contributed by atoms with Gasteiger partial charge in [-0.3, -0.25) is 4.79 Å². The fraction of sp³-hybridized carbons (Fsp3) is 0.226. The number of rotatable bonds is 5. The number of benzene rings is 3. The molecule has 0 fully saturated rings. The number of pyridine rings is 1. The number of hydrogen-bond donors (Lipinski definition) is 0. The van der Waals surface area contributed by atoms with Gasteiger partial charge in [-0.1, -0.05) is 36.4 Å². The van der Waals surface area contributed by atoms with E-state index in [2.05, 4.69) is 18.2 Å². The van der Waals surface area contributed by atoms with Crippen molar-refractivity contribution in [3.63, 3.8) is 0 Å². The molecule has 1 aliphatic heterocycles. The molecule has 37 heavy (non-hydrogen) atoms. The van der Waals surface area contributed by atoms with Gasteiger partial charge in [0.1, 0.15) is 5.82 Å². The number of methoxy groups -OCH3 is 2. The van der Waals surface area contributed by atoms with Crippen molar-refractivity contribution in [2.24, 2.45) is 0 Å². The minimum absolute atomic E-state index is 0.00573. The number of amides is 1. The summed E-state index contributed by atoms with van der Waals surface area (Å²) < 4.78 is 27.5. The molecular weight excluding hydrogens is 467 g/mol. The van der Waals surface area contributed by atoms with Crippen LogP contribution in [0.1, 0.15) is 38.7 Å². The fourth-order valence-electron chi connectivity index (χ4n) is 5.77. The molecule has 0 radical (unpaired) electrons. The van der Waals surface area contributed by atoms with Gasteiger partial charge in [-0.15, -0.1) is 0 Å². The molecule has 186 valence electrons. The molecule has 0 spiro atoms. The van der Waals surface area contributed by atoms with E-state index >= 15 is 0 Å². The van der Waals surface area contributed by atoms with Crippen LogP contribution in [0.3, 0.4) is 0 Å². The summed E-state index contributed by atoms with van der Waals surface area (Å²) in [6.07, 6.45) is 5.17. The summed E-state index contributed by atoms with van der Waals surface area (Å²) in [5.74, 6) is 1.19. The van der Waals surface area contributed by atoms with Crippen molar-refractivity contribution in [2.45, 2.75) is 25.4 Å². The van der Waals surface area contributed by atoms with Crippen LogP contribution in [-0.2, 0) is 19.4 Å². The second-order valence-electron chi connectivity index (χ2n) is 9.54. The minimum atomic E-state index is -0.234. The molecule has 3 aromatic carbocycles. The molecule has 4 aromatic rings. The molecule has 1 aliphatic carbocycles. The highest BCUT2D eigenvalue weighted by Crippen LogP contribution is 2.52. The van der Waals surface area contributed by atoms with E-state index in [0.29, 0.717) is 35.7 Å². The van der Waals surface area contributed by atoms with Crippen LogP contribution < -0.4 is 14.0 Å². The number of carbonyl (C=O) groups is 1. The third-order valence-electron chi connectivity index (χ3n) is 7.54. The maximum Gasteiger partial charge on any atom is 0.254 e. The van der Waals surface area contributed by atoms with E-state index in [1.54, 1.807) is 26.4 Å². The largest absolute Gasteiger partial charge is 0.493 e. The van der Waals surface area contributed by atoms with E-state index in [0.717, 1.165) is 29.5 Å². The maximum absolute atomic E-state index is 14.1. The van der Waals surface area contributed by atoms with Gasteiger partial charge in [0.25, 0.3) is 5.91 Å². The monoisotopic (exact) mass is 495 g/mol. The predicted molar refractivity (Wildman–Crippen MR) is 138 cm³/mol. The van der Waals surface area contributed by atoms with Gasteiger partial charge in [-0.2, -0.15) is 0 Å². The highest BCUT2D eigenvalue weighted by atomic mass is 19.1. The molecule has 6 rings (SSSR count). The average molecular weight is 496 g/mol. The summed E-state index contributed by atoms with van der Waals surface area (Å²) in [5, 5.41) is 0. The van der Waals surface area contributed by atoms with E-state index in [1.807, 2.05) is 52.2 Å². The summed E-state index contributed by atoms with van der Waals surface area (Å²) in [4.78, 5) is 15.8. The van der Waals surface area contributed by atoms with Gasteiger partial charge in [0.2, 0.25) is 0 Å². The lowest BCUT2D eigenvalue weighted by Crippen LogP contribution is -2.43. The van der Waals surface area contributed by atoms with Crippen LogP contribution in [0.15, 0.2) is 79.1 Å². The molecule has 0 bridgehead atoms. The van der Waals surface area contributed by atoms with Crippen molar-refractivity contribution >= 4 is 5.91 Å². The summed E-state index contributed by atoms with van der Waals surface area (Å²) in [7, 11) is 3.33. The van der Waals surface area contributed by atoms with Crippen molar-refractivity contribution in [2.75, 3.05) is 20.8 Å². The highest BCUT2D eigenvalue weighted by molar-refractivity contribution is 5.95. The molecule has 5 nitrogen and oxygen atoms in total. The summed E-state index contributed by atoms with van der Waals surface area (Å²) >= 11 is 0. The number of ether oxygens (including phenoxy) is 2. The first-order chi connectivity index (χ1) is 18.1. The van der Waals surface area contributed by atoms with Crippen LogP contribution in [0.4, 0.5) is 4.39 Å². The van der Waals surface area contributed by atoms with Crippen LogP contribution in [0.25, 0.3) is 11.1 Å². The number of carbonyl (C=O) groups excluding carboxylic acids is 1. The normalized spacial score (nSPS) is 15.5. The van der Waals surface area contributed by atoms with Crippen molar-refractivity contribution in [1.29, 1.82) is 0 Å². The molecule has 0 N–H and O–H groups in total. The lowest BCUT2D eigenvalue weighted by molar-refractivity contribution is -0.688. The molecule has 6 heteroatoms. The maximum atomic E-state index is 14.1. The second-order valence-corrected chi connectivity index (χ2v) is 9.54. The van der Waals surface area contributed by atoms with Crippen LogP contribution >= 0.6 is 0 Å². The van der Waals surface area contributed by atoms with Crippen molar-refractivity contribution < 1.29 is 23.2 Å². The van der Waals surface area contributed by atoms with Crippen LogP contribution in [0, 0.1) is 5.82 Å². The molecule has 1 aromatic heterocycles. The van der Waals surface area contributed by atoms with Crippen molar-refractivity contribution in [1.82, 2.24) is 4.90 Å². The number of halogens is 1. The van der Waals surface area contributed by atoms with Gasteiger partial charge in [-0.05, 0) is 53.3 Å². The van der Waals surface area contributed by atoms with Crippen molar-refractivity contribution in [3.8, 4) is 22.6 Å². The van der Waals surface area contributed by atoms with Gasteiger partial charge >= 0.3 is 0 Å². The summed E-state index contributed by atoms with van der Waals surface area (Å²) in [5.41, 5.74) is 6.93. The van der Waals surface area contributed by atoms with E-state index in [4.69, 9.17) is 9.47 Å². The first-order valence-electron chi connectivity index (χ1n) is 12.5. The van der Waals surface area contributed by atoms with E-state index in [1.165, 1.54) is 17.2 Å². The molecule has 2 heterocycles. The Hall–Kier alpha value is -4.19. The Kier molecular flexibility index (Phi) is 5.87. The number of nitrogens with zero attached hydrogens (tertiary/aromatic N) is 2. The van der Waals surface area contributed by atoms with Gasteiger partial charge < -0.3 is 14.4 Å². The third kappa shape index (κ3) is 3.93. The lowest BCUT2D eigenvalue weighted by Gasteiger charge is -2.42. The number of fused-ring (bicyclic) bond motifs is 2. The van der Waals surface area contributed by atoms with Gasteiger partial charge in [0.05, 0.1) is 31.4 Å². The van der Waals surface area contributed by atoms with E-state index in [9.17, 15) is 9.18 Å². The first-order valence-corrected chi connectivity index (χ1v) is 12.5. The summed E-state index contributed by atoms with van der Waals surface area (Å²) in [6.45, 7) is 1.03. The zero-order chi connectivity index (χ0) is 25.5. The van der Waals surface area contributed by atoms with Crippen molar-refractivity contribution in [3.05, 3.63) is 113 Å². The van der Waals surface area contributed by atoms with Crippen LogP contribution in [-0.4, -0.2) is 31.6 Å². The molecule has 0 saturated heterocycles.